The summed E-state index contributed by atoms with van der Waals surface area (Å²) in [5.41, 5.74) is 0. The molecule has 2 aromatic heterocycles. The molecule has 0 saturated carbocycles. The van der Waals surface area contributed by atoms with Crippen LogP contribution in [0.25, 0.3) is 0 Å². The molecule has 1 aliphatic rings. The van der Waals surface area contributed by atoms with Crippen LogP contribution in [0, 0.1) is 6.92 Å². The minimum atomic E-state index is -1.82. The van der Waals surface area contributed by atoms with Crippen LogP contribution in [0.3, 0.4) is 0 Å². The number of hydrogen-bond donors (Lipinski definition) is 2. The maximum absolute atomic E-state index is 11.3. The van der Waals surface area contributed by atoms with Crippen LogP contribution in [-0.4, -0.2) is 63.4 Å². The third-order valence-electron chi connectivity index (χ3n) is 3.46. The second-order valence-electron chi connectivity index (χ2n) is 5.44. The van der Waals surface area contributed by atoms with Gasteiger partial charge in [0.1, 0.15) is 5.76 Å². The number of furan rings is 1. The fourth-order valence-corrected chi connectivity index (χ4v) is 2.23. The molecule has 0 bridgehead atoms. The lowest BCUT2D eigenvalue weighted by atomic mass is 10.0. The van der Waals surface area contributed by atoms with E-state index in [0.717, 1.165) is 18.8 Å². The predicted molar refractivity (Wildman–Crippen MR) is 82.4 cm³/mol. The van der Waals surface area contributed by atoms with Crippen LogP contribution >= 0.6 is 0 Å². The van der Waals surface area contributed by atoms with Crippen molar-refractivity contribution in [2.45, 2.75) is 19.4 Å². The molecule has 1 saturated heterocycles. The minimum Gasteiger partial charge on any atom is -0.473 e. The van der Waals surface area contributed by atoms with Crippen molar-refractivity contribution in [1.82, 2.24) is 15.0 Å². The number of aliphatic carboxylic acids is 2. The van der Waals surface area contributed by atoms with Gasteiger partial charge in [0, 0.05) is 13.1 Å². The number of methoxy groups -OCH3 is 1. The van der Waals surface area contributed by atoms with E-state index in [-0.39, 0.29) is 11.7 Å². The molecular formula is C15H17N3O8. The van der Waals surface area contributed by atoms with Crippen LogP contribution in [0.2, 0.25) is 0 Å². The molecule has 11 nitrogen and oxygen atoms in total. The summed E-state index contributed by atoms with van der Waals surface area (Å²) in [6, 6.07) is 3.41. The standard InChI is InChI=1S/C13H15N3O4.C2H2O4/c1-8-14-12(20-15-8)9-5-16(6-9)7-10-3-4-11(19-10)13(17)18-2;3-1(4)2(5)6/h3-4,9H,5-7H2,1-2H3;(H,3,4)(H,5,6). The van der Waals surface area contributed by atoms with Crippen molar-refractivity contribution < 1.29 is 38.3 Å². The predicted octanol–water partition coefficient (Wildman–Crippen LogP) is 0.513. The second kappa shape index (κ2) is 8.25. The first-order valence-corrected chi connectivity index (χ1v) is 7.46. The summed E-state index contributed by atoms with van der Waals surface area (Å²) in [4.78, 5) is 35.9. The van der Waals surface area contributed by atoms with Crippen LogP contribution < -0.4 is 0 Å². The topological polar surface area (TPSA) is 156 Å². The summed E-state index contributed by atoms with van der Waals surface area (Å²) in [6.45, 7) is 4.15. The van der Waals surface area contributed by atoms with Crippen molar-refractivity contribution in [2.24, 2.45) is 0 Å². The fourth-order valence-electron chi connectivity index (χ4n) is 2.23. The molecule has 3 heterocycles. The number of aromatic nitrogens is 2. The molecule has 1 fully saturated rings. The number of hydrogen-bond acceptors (Lipinski definition) is 9. The molecule has 0 atom stereocenters. The van der Waals surface area contributed by atoms with Gasteiger partial charge in [-0.25, -0.2) is 14.4 Å². The summed E-state index contributed by atoms with van der Waals surface area (Å²) in [7, 11) is 1.33. The van der Waals surface area contributed by atoms with Gasteiger partial charge in [-0.3, -0.25) is 4.90 Å². The number of ether oxygens (including phenoxy) is 1. The highest BCUT2D eigenvalue weighted by atomic mass is 16.5. The van der Waals surface area contributed by atoms with Gasteiger partial charge in [-0.05, 0) is 19.1 Å². The molecule has 0 amide bonds. The van der Waals surface area contributed by atoms with Crippen molar-refractivity contribution >= 4 is 17.9 Å². The van der Waals surface area contributed by atoms with Crippen molar-refractivity contribution in [3.05, 3.63) is 35.4 Å². The number of carbonyl (C=O) groups is 3. The maximum Gasteiger partial charge on any atom is 0.414 e. The van der Waals surface area contributed by atoms with Gasteiger partial charge in [0.2, 0.25) is 11.7 Å². The number of carboxylic acids is 2. The smallest absolute Gasteiger partial charge is 0.414 e. The monoisotopic (exact) mass is 367 g/mol. The van der Waals surface area contributed by atoms with Gasteiger partial charge in [-0.2, -0.15) is 4.98 Å². The summed E-state index contributed by atoms with van der Waals surface area (Å²) < 4.78 is 15.2. The van der Waals surface area contributed by atoms with Gasteiger partial charge < -0.3 is 23.9 Å². The van der Waals surface area contributed by atoms with E-state index in [2.05, 4.69) is 19.8 Å². The number of likely N-dealkylation sites (tertiary alicyclic amines) is 1. The molecular weight excluding hydrogens is 350 g/mol. The molecule has 2 aromatic rings. The van der Waals surface area contributed by atoms with E-state index in [1.807, 2.05) is 0 Å². The second-order valence-corrected chi connectivity index (χ2v) is 5.44. The molecule has 0 aromatic carbocycles. The first-order valence-electron chi connectivity index (χ1n) is 7.46. The SMILES string of the molecule is COC(=O)c1ccc(CN2CC(c3nc(C)no3)C2)o1.O=C(O)C(=O)O. The Hall–Kier alpha value is -3.21. The van der Waals surface area contributed by atoms with Gasteiger partial charge in [0.15, 0.2) is 5.82 Å². The zero-order chi connectivity index (χ0) is 19.3. The molecule has 0 aliphatic carbocycles. The molecule has 0 radical (unpaired) electrons. The lowest BCUT2D eigenvalue weighted by Crippen LogP contribution is -2.44. The van der Waals surface area contributed by atoms with E-state index >= 15 is 0 Å². The normalized spacial score (nSPS) is 14.1. The Morgan fingerprint density at radius 1 is 1.27 bits per heavy atom. The Kier molecular flexibility index (Phi) is 6.07. The van der Waals surface area contributed by atoms with E-state index < -0.39 is 17.9 Å². The van der Waals surface area contributed by atoms with Crippen molar-refractivity contribution in [3.63, 3.8) is 0 Å². The summed E-state index contributed by atoms with van der Waals surface area (Å²) in [5, 5.41) is 18.6. The van der Waals surface area contributed by atoms with Crippen LogP contribution in [0.4, 0.5) is 0 Å². The zero-order valence-corrected chi connectivity index (χ0v) is 14.0. The van der Waals surface area contributed by atoms with E-state index in [1.54, 1.807) is 19.1 Å². The van der Waals surface area contributed by atoms with Crippen LogP contribution in [-0.2, 0) is 20.9 Å². The molecule has 0 unspecified atom stereocenters. The lowest BCUT2D eigenvalue weighted by Gasteiger charge is -2.36. The average Bonchev–Trinajstić information content (AvgIpc) is 3.19. The molecule has 11 heteroatoms. The van der Waals surface area contributed by atoms with Gasteiger partial charge in [0.05, 0.1) is 19.6 Å². The first-order chi connectivity index (χ1) is 12.3. The Morgan fingerprint density at radius 2 is 1.92 bits per heavy atom. The molecule has 1 aliphatic heterocycles. The molecule has 0 spiro atoms. The Balaban J connectivity index is 0.000000352. The zero-order valence-electron chi connectivity index (χ0n) is 14.0. The maximum atomic E-state index is 11.3. The van der Waals surface area contributed by atoms with E-state index in [4.69, 9.17) is 28.7 Å². The summed E-state index contributed by atoms with van der Waals surface area (Å²) in [6.07, 6.45) is 0. The van der Waals surface area contributed by atoms with Crippen molar-refractivity contribution in [2.75, 3.05) is 20.2 Å². The number of esters is 1. The van der Waals surface area contributed by atoms with E-state index in [1.165, 1.54) is 7.11 Å². The van der Waals surface area contributed by atoms with Crippen LogP contribution in [0.15, 0.2) is 21.1 Å². The quantitative estimate of drug-likeness (QED) is 0.573. The Morgan fingerprint density at radius 3 is 2.42 bits per heavy atom. The van der Waals surface area contributed by atoms with Crippen LogP contribution in [0.5, 0.6) is 0 Å². The van der Waals surface area contributed by atoms with E-state index in [9.17, 15) is 4.79 Å². The van der Waals surface area contributed by atoms with Crippen LogP contribution in [0.1, 0.15) is 33.9 Å². The van der Waals surface area contributed by atoms with E-state index in [0.29, 0.717) is 18.3 Å². The number of nitrogens with zero attached hydrogens (tertiary/aromatic N) is 3. The number of rotatable bonds is 4. The molecule has 140 valence electrons. The highest BCUT2D eigenvalue weighted by molar-refractivity contribution is 6.27. The third kappa shape index (κ3) is 4.89. The third-order valence-corrected chi connectivity index (χ3v) is 3.46. The van der Waals surface area contributed by atoms with Crippen molar-refractivity contribution in [1.29, 1.82) is 0 Å². The fraction of sp³-hybridized carbons (Fsp3) is 0.400. The number of aryl methyl sites for hydroxylation is 1. The Labute approximate surface area is 147 Å². The largest absolute Gasteiger partial charge is 0.473 e. The van der Waals surface area contributed by atoms with Crippen molar-refractivity contribution in [3.8, 4) is 0 Å². The highest BCUT2D eigenvalue weighted by Gasteiger charge is 2.32. The molecule has 26 heavy (non-hydrogen) atoms. The van der Waals surface area contributed by atoms with Gasteiger partial charge >= 0.3 is 17.9 Å². The summed E-state index contributed by atoms with van der Waals surface area (Å²) in [5.74, 6) is -1.51. The number of carboxylic acid groups (broad SMARTS) is 2. The molecule has 3 rings (SSSR count). The van der Waals surface area contributed by atoms with Gasteiger partial charge in [-0.1, -0.05) is 5.16 Å². The highest BCUT2D eigenvalue weighted by Crippen LogP contribution is 2.27. The lowest BCUT2D eigenvalue weighted by molar-refractivity contribution is -0.159. The summed E-state index contributed by atoms with van der Waals surface area (Å²) >= 11 is 0. The Bertz CT molecular complexity index is 778. The average molecular weight is 367 g/mol. The number of carbonyl (C=O) groups excluding carboxylic acids is 1. The van der Waals surface area contributed by atoms with Gasteiger partial charge in [-0.15, -0.1) is 0 Å². The minimum absolute atomic E-state index is 0.229. The first kappa shape index (κ1) is 19.1. The van der Waals surface area contributed by atoms with Gasteiger partial charge in [0.25, 0.3) is 0 Å². The molecule has 2 N–H and O–H groups in total.